The topological polar surface area (TPSA) is 76.0 Å². The zero-order valence-corrected chi connectivity index (χ0v) is 15.3. The molecule has 2 aromatic rings. The van der Waals surface area contributed by atoms with E-state index < -0.39 is 10.8 Å². The standard InChI is InChI=1S/C17H24N4O2S/c1-12(2)21-16(19-17(22)18-13(3)11-24(4)23)10-15(20-21)14-8-6-5-7-9-14/h5-10,12-13H,11H2,1-4H3,(H2,18,19,22)/t13-,24-/m0/s1. The number of rotatable bonds is 6. The van der Waals surface area contributed by atoms with Gasteiger partial charge in [0.05, 0.1) is 5.69 Å². The molecule has 0 saturated carbocycles. The van der Waals surface area contributed by atoms with E-state index in [0.717, 1.165) is 11.3 Å². The molecule has 0 aliphatic heterocycles. The number of nitrogens with zero attached hydrogens (tertiary/aromatic N) is 2. The van der Waals surface area contributed by atoms with Gasteiger partial charge in [-0.3, -0.25) is 9.53 Å². The molecule has 0 saturated heterocycles. The fourth-order valence-corrected chi connectivity index (χ4v) is 3.19. The van der Waals surface area contributed by atoms with Gasteiger partial charge in [-0.15, -0.1) is 0 Å². The lowest BCUT2D eigenvalue weighted by Crippen LogP contribution is -2.39. The quantitative estimate of drug-likeness (QED) is 0.842. The van der Waals surface area contributed by atoms with Gasteiger partial charge in [0, 0.05) is 46.5 Å². The van der Waals surface area contributed by atoms with Gasteiger partial charge in [0.25, 0.3) is 0 Å². The fourth-order valence-electron chi connectivity index (χ4n) is 2.40. The maximum absolute atomic E-state index is 12.2. The van der Waals surface area contributed by atoms with Gasteiger partial charge in [-0.2, -0.15) is 5.10 Å². The molecule has 6 nitrogen and oxygen atoms in total. The van der Waals surface area contributed by atoms with Crippen molar-refractivity contribution in [2.75, 3.05) is 17.3 Å². The van der Waals surface area contributed by atoms with Crippen LogP contribution in [0, 0.1) is 0 Å². The van der Waals surface area contributed by atoms with Gasteiger partial charge in [-0.25, -0.2) is 9.48 Å². The van der Waals surface area contributed by atoms with E-state index >= 15 is 0 Å². The molecule has 2 N–H and O–H groups in total. The number of hydrogen-bond acceptors (Lipinski definition) is 3. The van der Waals surface area contributed by atoms with Crippen molar-refractivity contribution in [3.63, 3.8) is 0 Å². The summed E-state index contributed by atoms with van der Waals surface area (Å²) in [5.74, 6) is 1.05. The number of nitrogens with one attached hydrogen (secondary N) is 2. The van der Waals surface area contributed by atoms with Gasteiger partial charge >= 0.3 is 6.03 Å². The van der Waals surface area contributed by atoms with Gasteiger partial charge in [0.1, 0.15) is 5.82 Å². The third-order valence-corrected chi connectivity index (χ3v) is 4.37. The summed E-state index contributed by atoms with van der Waals surface area (Å²) >= 11 is 0. The molecule has 0 aliphatic rings. The van der Waals surface area contributed by atoms with E-state index in [4.69, 9.17) is 0 Å². The van der Waals surface area contributed by atoms with Crippen molar-refractivity contribution in [3.05, 3.63) is 36.4 Å². The fraction of sp³-hybridized carbons (Fsp3) is 0.412. The molecule has 130 valence electrons. The first kappa shape index (κ1) is 18.2. The predicted molar refractivity (Wildman–Crippen MR) is 98.6 cm³/mol. The molecule has 0 unspecified atom stereocenters. The normalized spacial score (nSPS) is 13.5. The molecular weight excluding hydrogens is 324 g/mol. The summed E-state index contributed by atoms with van der Waals surface area (Å²) in [6.07, 6.45) is 1.62. The third-order valence-electron chi connectivity index (χ3n) is 3.40. The minimum atomic E-state index is -0.951. The van der Waals surface area contributed by atoms with Crippen LogP contribution in [0.15, 0.2) is 36.4 Å². The summed E-state index contributed by atoms with van der Waals surface area (Å²) in [5, 5.41) is 10.2. The highest BCUT2D eigenvalue weighted by molar-refractivity contribution is 7.84. The van der Waals surface area contributed by atoms with Crippen LogP contribution in [0.5, 0.6) is 0 Å². The lowest BCUT2D eigenvalue weighted by Gasteiger charge is -2.15. The van der Waals surface area contributed by atoms with Gasteiger partial charge in [0.15, 0.2) is 0 Å². The molecule has 2 atom stereocenters. The molecule has 0 bridgehead atoms. The van der Waals surface area contributed by atoms with Crippen LogP contribution in [-0.2, 0) is 10.8 Å². The van der Waals surface area contributed by atoms with E-state index in [1.807, 2.05) is 57.2 Å². The first-order valence-electron chi connectivity index (χ1n) is 7.89. The second kappa shape index (κ2) is 8.10. The van der Waals surface area contributed by atoms with Gasteiger partial charge in [0.2, 0.25) is 0 Å². The molecule has 0 fully saturated rings. The summed E-state index contributed by atoms with van der Waals surface area (Å²) in [7, 11) is -0.951. The Labute approximate surface area is 145 Å². The van der Waals surface area contributed by atoms with Crippen LogP contribution in [0.1, 0.15) is 26.8 Å². The number of carbonyl (C=O) groups is 1. The lowest BCUT2D eigenvalue weighted by molar-refractivity contribution is 0.250. The van der Waals surface area contributed by atoms with Crippen LogP contribution < -0.4 is 10.6 Å². The predicted octanol–water partition coefficient (Wildman–Crippen LogP) is 3.02. The molecule has 1 aromatic heterocycles. The first-order valence-corrected chi connectivity index (χ1v) is 9.62. The number of urea groups is 1. The maximum Gasteiger partial charge on any atom is 0.320 e. The molecular formula is C17H24N4O2S. The van der Waals surface area contributed by atoms with E-state index in [-0.39, 0.29) is 18.1 Å². The summed E-state index contributed by atoms with van der Waals surface area (Å²) in [6, 6.07) is 11.3. The summed E-state index contributed by atoms with van der Waals surface area (Å²) in [6.45, 7) is 5.84. The molecule has 0 spiro atoms. The molecule has 1 aromatic carbocycles. The highest BCUT2D eigenvalue weighted by Crippen LogP contribution is 2.24. The molecule has 0 aliphatic carbocycles. The Morgan fingerprint density at radius 3 is 2.50 bits per heavy atom. The number of aromatic nitrogens is 2. The lowest BCUT2D eigenvalue weighted by atomic mass is 10.2. The van der Waals surface area contributed by atoms with Crippen molar-refractivity contribution in [2.45, 2.75) is 32.9 Å². The number of carbonyl (C=O) groups excluding carboxylic acids is 1. The molecule has 1 heterocycles. The van der Waals surface area contributed by atoms with Crippen molar-refractivity contribution in [3.8, 4) is 11.3 Å². The van der Waals surface area contributed by atoms with E-state index in [1.54, 1.807) is 10.9 Å². The van der Waals surface area contributed by atoms with Crippen LogP contribution in [0.4, 0.5) is 10.6 Å². The van der Waals surface area contributed by atoms with Gasteiger partial charge < -0.3 is 5.32 Å². The molecule has 2 rings (SSSR count). The second-order valence-electron chi connectivity index (χ2n) is 6.06. The highest BCUT2D eigenvalue weighted by atomic mass is 32.2. The number of amides is 2. The monoisotopic (exact) mass is 348 g/mol. The van der Waals surface area contributed by atoms with Gasteiger partial charge in [-0.1, -0.05) is 30.3 Å². The van der Waals surface area contributed by atoms with Crippen molar-refractivity contribution in [1.29, 1.82) is 0 Å². The Balaban J connectivity index is 2.15. The van der Waals surface area contributed by atoms with Crippen molar-refractivity contribution < 1.29 is 9.00 Å². The van der Waals surface area contributed by atoms with Crippen LogP contribution >= 0.6 is 0 Å². The maximum atomic E-state index is 12.2. The SMILES string of the molecule is CC(C)n1nc(-c2ccccc2)cc1NC(=O)N[C@@H](C)C[S@](C)=O. The summed E-state index contributed by atoms with van der Waals surface area (Å²) in [5.41, 5.74) is 1.80. The molecule has 2 amide bonds. The average molecular weight is 348 g/mol. The Morgan fingerprint density at radius 2 is 1.92 bits per heavy atom. The summed E-state index contributed by atoms with van der Waals surface area (Å²) in [4.78, 5) is 12.2. The molecule has 7 heteroatoms. The van der Waals surface area contributed by atoms with Crippen molar-refractivity contribution >= 4 is 22.6 Å². The minimum absolute atomic E-state index is 0.110. The Bertz CT molecular complexity index is 713. The Morgan fingerprint density at radius 1 is 1.25 bits per heavy atom. The van der Waals surface area contributed by atoms with Gasteiger partial charge in [-0.05, 0) is 20.8 Å². The van der Waals surface area contributed by atoms with E-state index in [2.05, 4.69) is 15.7 Å². The first-order chi connectivity index (χ1) is 11.4. The summed E-state index contributed by atoms with van der Waals surface area (Å²) < 4.78 is 13.0. The zero-order chi connectivity index (χ0) is 17.7. The Hall–Kier alpha value is -2.15. The van der Waals surface area contributed by atoms with E-state index in [9.17, 15) is 9.00 Å². The molecule has 24 heavy (non-hydrogen) atoms. The van der Waals surface area contributed by atoms with Crippen LogP contribution in [0.2, 0.25) is 0 Å². The Kier molecular flexibility index (Phi) is 6.14. The van der Waals surface area contributed by atoms with Crippen molar-refractivity contribution in [1.82, 2.24) is 15.1 Å². The second-order valence-corrected chi connectivity index (χ2v) is 7.54. The highest BCUT2D eigenvalue weighted by Gasteiger charge is 2.15. The zero-order valence-electron chi connectivity index (χ0n) is 14.4. The minimum Gasteiger partial charge on any atom is -0.334 e. The third kappa shape index (κ3) is 4.92. The number of anilines is 1. The van der Waals surface area contributed by atoms with Crippen LogP contribution in [0.3, 0.4) is 0 Å². The van der Waals surface area contributed by atoms with Crippen LogP contribution in [-0.4, -0.2) is 38.1 Å². The molecule has 0 radical (unpaired) electrons. The number of hydrogen-bond donors (Lipinski definition) is 2. The largest absolute Gasteiger partial charge is 0.334 e. The van der Waals surface area contributed by atoms with E-state index in [1.165, 1.54) is 0 Å². The van der Waals surface area contributed by atoms with E-state index in [0.29, 0.717) is 11.6 Å². The van der Waals surface area contributed by atoms with Crippen LogP contribution in [0.25, 0.3) is 11.3 Å². The number of benzene rings is 1. The average Bonchev–Trinajstić information content (AvgIpc) is 2.91. The van der Waals surface area contributed by atoms with Crippen molar-refractivity contribution in [2.24, 2.45) is 0 Å². The smallest absolute Gasteiger partial charge is 0.320 e.